The van der Waals surface area contributed by atoms with E-state index in [4.69, 9.17) is 10.5 Å². The zero-order valence-corrected chi connectivity index (χ0v) is 11.6. The summed E-state index contributed by atoms with van der Waals surface area (Å²) in [6, 6.07) is 8.40. The van der Waals surface area contributed by atoms with Crippen LogP contribution in [0.3, 0.4) is 0 Å². The zero-order valence-electron chi connectivity index (χ0n) is 11.6. The second kappa shape index (κ2) is 5.75. The molecule has 0 saturated heterocycles. The number of ether oxygens (including phenoxy) is 1. The first-order valence-corrected chi connectivity index (χ1v) is 7.23. The van der Waals surface area contributed by atoms with Crippen LogP contribution >= 0.6 is 0 Å². The van der Waals surface area contributed by atoms with Gasteiger partial charge in [-0.2, -0.15) is 0 Å². The molecule has 0 radical (unpaired) electrons. The highest BCUT2D eigenvalue weighted by molar-refractivity contribution is 5.32. The molecule has 2 atom stereocenters. The van der Waals surface area contributed by atoms with E-state index < -0.39 is 0 Å². The van der Waals surface area contributed by atoms with Crippen molar-refractivity contribution in [3.05, 3.63) is 29.8 Å². The van der Waals surface area contributed by atoms with Gasteiger partial charge in [0.05, 0.1) is 6.61 Å². The number of nitrogens with two attached hydrogens (primary N) is 1. The van der Waals surface area contributed by atoms with Crippen LogP contribution in [-0.2, 0) is 5.54 Å². The van der Waals surface area contributed by atoms with Crippen LogP contribution in [0.1, 0.15) is 51.5 Å². The summed E-state index contributed by atoms with van der Waals surface area (Å²) in [4.78, 5) is 0. The van der Waals surface area contributed by atoms with Crippen molar-refractivity contribution in [2.45, 2.75) is 51.5 Å². The molecule has 1 aliphatic rings. The molecule has 2 rings (SSSR count). The van der Waals surface area contributed by atoms with Gasteiger partial charge < -0.3 is 10.5 Å². The Labute approximate surface area is 111 Å². The summed E-state index contributed by atoms with van der Waals surface area (Å²) < 4.78 is 5.49. The van der Waals surface area contributed by atoms with Crippen LogP contribution in [0.25, 0.3) is 0 Å². The Morgan fingerprint density at radius 1 is 1.22 bits per heavy atom. The topological polar surface area (TPSA) is 35.2 Å². The van der Waals surface area contributed by atoms with Crippen molar-refractivity contribution in [1.29, 1.82) is 0 Å². The molecule has 1 fully saturated rings. The lowest BCUT2D eigenvalue weighted by molar-refractivity contribution is 0.184. The van der Waals surface area contributed by atoms with Crippen molar-refractivity contribution in [3.8, 4) is 5.75 Å². The zero-order chi connectivity index (χ0) is 13.0. The van der Waals surface area contributed by atoms with Gasteiger partial charge >= 0.3 is 0 Å². The van der Waals surface area contributed by atoms with Crippen molar-refractivity contribution in [2.24, 2.45) is 11.7 Å². The van der Waals surface area contributed by atoms with Crippen LogP contribution in [-0.4, -0.2) is 6.61 Å². The smallest absolute Gasteiger partial charge is 0.119 e. The molecule has 100 valence electrons. The molecule has 0 bridgehead atoms. The number of rotatable bonds is 4. The van der Waals surface area contributed by atoms with Crippen LogP contribution in [0, 0.1) is 5.92 Å². The predicted molar refractivity (Wildman–Crippen MR) is 75.7 cm³/mol. The van der Waals surface area contributed by atoms with Gasteiger partial charge in [0.1, 0.15) is 5.75 Å². The predicted octanol–water partition coefficient (Wildman–Crippen LogP) is 3.84. The van der Waals surface area contributed by atoms with Crippen molar-refractivity contribution < 1.29 is 4.74 Å². The van der Waals surface area contributed by atoms with Crippen molar-refractivity contribution in [2.75, 3.05) is 6.61 Å². The van der Waals surface area contributed by atoms with Gasteiger partial charge in [-0.15, -0.1) is 0 Å². The Balaban J connectivity index is 2.22. The Kier molecular flexibility index (Phi) is 4.28. The minimum absolute atomic E-state index is 0.127. The summed E-state index contributed by atoms with van der Waals surface area (Å²) in [5.41, 5.74) is 7.87. The molecule has 2 heteroatoms. The molecule has 1 aromatic rings. The van der Waals surface area contributed by atoms with Crippen LogP contribution in [0.2, 0.25) is 0 Å². The van der Waals surface area contributed by atoms with Gasteiger partial charge in [-0.25, -0.2) is 0 Å². The molecule has 0 heterocycles. The first-order chi connectivity index (χ1) is 8.70. The maximum atomic E-state index is 6.72. The first kappa shape index (κ1) is 13.4. The van der Waals surface area contributed by atoms with Gasteiger partial charge in [-0.1, -0.05) is 38.3 Å². The van der Waals surface area contributed by atoms with Crippen LogP contribution in [0.5, 0.6) is 5.75 Å². The molecule has 0 aromatic heterocycles. The fraction of sp³-hybridized carbons (Fsp3) is 0.625. The number of hydrogen-bond donors (Lipinski definition) is 1. The molecule has 2 N–H and O–H groups in total. The summed E-state index contributed by atoms with van der Waals surface area (Å²) in [5, 5.41) is 0. The minimum atomic E-state index is -0.127. The van der Waals surface area contributed by atoms with Gasteiger partial charge in [0.25, 0.3) is 0 Å². The Morgan fingerprint density at radius 3 is 2.56 bits per heavy atom. The first-order valence-electron chi connectivity index (χ1n) is 7.23. The monoisotopic (exact) mass is 247 g/mol. The van der Waals surface area contributed by atoms with Crippen molar-refractivity contribution in [1.82, 2.24) is 0 Å². The molecule has 1 aliphatic carbocycles. The Morgan fingerprint density at radius 2 is 1.94 bits per heavy atom. The van der Waals surface area contributed by atoms with Crippen LogP contribution < -0.4 is 10.5 Å². The van der Waals surface area contributed by atoms with Crippen molar-refractivity contribution >= 4 is 0 Å². The van der Waals surface area contributed by atoms with Gasteiger partial charge in [0, 0.05) is 5.54 Å². The normalized spacial score (nSPS) is 28.1. The average molecular weight is 247 g/mol. The van der Waals surface area contributed by atoms with E-state index in [2.05, 4.69) is 31.2 Å². The largest absolute Gasteiger partial charge is 0.494 e. The van der Waals surface area contributed by atoms with Crippen LogP contribution in [0.15, 0.2) is 24.3 Å². The molecule has 1 saturated carbocycles. The molecular weight excluding hydrogens is 222 g/mol. The third kappa shape index (κ3) is 2.54. The van der Waals surface area contributed by atoms with E-state index >= 15 is 0 Å². The van der Waals surface area contributed by atoms with E-state index in [-0.39, 0.29) is 5.54 Å². The van der Waals surface area contributed by atoms with Gasteiger partial charge in [-0.3, -0.25) is 0 Å². The van der Waals surface area contributed by atoms with E-state index in [0.717, 1.165) is 12.2 Å². The standard InChI is InChI=1S/C16H25NO/c1-3-13-7-5-6-12-16(13,17)14-8-10-15(11-9-14)18-4-2/h8-11,13H,3-7,12,17H2,1-2H3. The van der Waals surface area contributed by atoms with E-state index in [0.29, 0.717) is 12.5 Å². The second-order valence-corrected chi connectivity index (χ2v) is 5.35. The quantitative estimate of drug-likeness (QED) is 0.877. The fourth-order valence-corrected chi connectivity index (χ4v) is 3.25. The Bertz CT molecular complexity index is 373. The summed E-state index contributed by atoms with van der Waals surface area (Å²) in [6.07, 6.45) is 6.12. The number of hydrogen-bond acceptors (Lipinski definition) is 2. The minimum Gasteiger partial charge on any atom is -0.494 e. The molecule has 0 amide bonds. The lowest BCUT2D eigenvalue weighted by Gasteiger charge is -2.41. The van der Waals surface area contributed by atoms with E-state index in [1.807, 2.05) is 6.92 Å². The molecule has 18 heavy (non-hydrogen) atoms. The molecular formula is C16H25NO. The van der Waals surface area contributed by atoms with Crippen LogP contribution in [0.4, 0.5) is 0 Å². The number of benzene rings is 1. The lowest BCUT2D eigenvalue weighted by atomic mass is 9.68. The Hall–Kier alpha value is -1.02. The van der Waals surface area contributed by atoms with Gasteiger partial charge in [0.2, 0.25) is 0 Å². The molecule has 2 unspecified atom stereocenters. The highest BCUT2D eigenvalue weighted by Gasteiger charge is 2.37. The van der Waals surface area contributed by atoms with Gasteiger partial charge in [0.15, 0.2) is 0 Å². The second-order valence-electron chi connectivity index (χ2n) is 5.35. The molecule has 0 spiro atoms. The molecule has 2 nitrogen and oxygen atoms in total. The highest BCUT2D eigenvalue weighted by Crippen LogP contribution is 2.41. The third-order valence-corrected chi connectivity index (χ3v) is 4.32. The SMILES string of the molecule is CCOc1ccc(C2(N)CCCCC2CC)cc1. The van der Waals surface area contributed by atoms with Gasteiger partial charge in [-0.05, 0) is 43.4 Å². The third-order valence-electron chi connectivity index (χ3n) is 4.32. The average Bonchev–Trinajstić information content (AvgIpc) is 2.40. The van der Waals surface area contributed by atoms with E-state index in [1.54, 1.807) is 0 Å². The molecule has 0 aliphatic heterocycles. The summed E-state index contributed by atoms with van der Waals surface area (Å²) in [5.74, 6) is 1.55. The summed E-state index contributed by atoms with van der Waals surface area (Å²) in [7, 11) is 0. The molecule has 1 aromatic carbocycles. The van der Waals surface area contributed by atoms with E-state index in [1.165, 1.54) is 31.2 Å². The van der Waals surface area contributed by atoms with Crippen molar-refractivity contribution in [3.63, 3.8) is 0 Å². The van der Waals surface area contributed by atoms with E-state index in [9.17, 15) is 0 Å². The highest BCUT2D eigenvalue weighted by atomic mass is 16.5. The lowest BCUT2D eigenvalue weighted by Crippen LogP contribution is -2.46. The maximum absolute atomic E-state index is 6.72. The fourth-order valence-electron chi connectivity index (χ4n) is 3.25. The summed E-state index contributed by atoms with van der Waals surface area (Å²) in [6.45, 7) is 4.98. The maximum Gasteiger partial charge on any atom is 0.119 e. The summed E-state index contributed by atoms with van der Waals surface area (Å²) >= 11 is 0.